The van der Waals surface area contributed by atoms with Crippen LogP contribution in [0.1, 0.15) is 32.6 Å². The molecule has 3 heteroatoms. The first-order valence-corrected chi connectivity index (χ1v) is 5.44. The van der Waals surface area contributed by atoms with Crippen molar-refractivity contribution < 1.29 is 5.11 Å². The number of rotatable bonds is 5. The van der Waals surface area contributed by atoms with Gasteiger partial charge in [-0.05, 0) is 19.8 Å². The molecule has 0 spiro atoms. The quantitative estimate of drug-likeness (QED) is 0.696. The maximum absolute atomic E-state index is 9.33. The number of nitrogens with one attached hydrogen (secondary N) is 1. The summed E-state index contributed by atoms with van der Waals surface area (Å²) >= 11 is 0. The van der Waals surface area contributed by atoms with E-state index in [0.29, 0.717) is 0 Å². The van der Waals surface area contributed by atoms with E-state index in [1.807, 2.05) is 6.92 Å². The van der Waals surface area contributed by atoms with Gasteiger partial charge in [-0.15, -0.1) is 0 Å². The molecule has 80 valence electrons. The van der Waals surface area contributed by atoms with E-state index in [2.05, 4.69) is 11.4 Å². The molecule has 0 saturated heterocycles. The van der Waals surface area contributed by atoms with E-state index in [4.69, 9.17) is 5.26 Å². The van der Waals surface area contributed by atoms with Crippen LogP contribution in [0.2, 0.25) is 0 Å². The lowest BCUT2D eigenvalue weighted by Gasteiger charge is -2.26. The standard InChI is InChI=1S/C11H20N2O/c1-10(6-12)7-13-8-11(9-14)4-2-3-5-11/h10,13-14H,2-5,7-9H2,1H3. The zero-order chi connectivity index (χ0) is 10.4. The smallest absolute Gasteiger partial charge is 0.0666 e. The molecule has 0 radical (unpaired) electrons. The largest absolute Gasteiger partial charge is 0.396 e. The summed E-state index contributed by atoms with van der Waals surface area (Å²) in [6.45, 7) is 3.78. The first kappa shape index (κ1) is 11.5. The van der Waals surface area contributed by atoms with Crippen molar-refractivity contribution in [3.63, 3.8) is 0 Å². The molecule has 14 heavy (non-hydrogen) atoms. The first-order valence-electron chi connectivity index (χ1n) is 5.44. The van der Waals surface area contributed by atoms with Gasteiger partial charge in [0.15, 0.2) is 0 Å². The Hall–Kier alpha value is -0.590. The molecule has 0 bridgehead atoms. The van der Waals surface area contributed by atoms with Gasteiger partial charge in [0.25, 0.3) is 0 Å². The Morgan fingerprint density at radius 1 is 1.50 bits per heavy atom. The molecule has 1 atom stereocenters. The van der Waals surface area contributed by atoms with Gasteiger partial charge in [0, 0.05) is 25.1 Å². The van der Waals surface area contributed by atoms with Crippen molar-refractivity contribution in [1.29, 1.82) is 5.26 Å². The van der Waals surface area contributed by atoms with E-state index in [-0.39, 0.29) is 17.9 Å². The van der Waals surface area contributed by atoms with Crippen LogP contribution in [-0.2, 0) is 0 Å². The molecule has 1 unspecified atom stereocenters. The van der Waals surface area contributed by atoms with Crippen molar-refractivity contribution in [3.05, 3.63) is 0 Å². The summed E-state index contributed by atoms with van der Waals surface area (Å²) < 4.78 is 0. The van der Waals surface area contributed by atoms with Gasteiger partial charge in [0.1, 0.15) is 0 Å². The average molecular weight is 196 g/mol. The van der Waals surface area contributed by atoms with Crippen LogP contribution >= 0.6 is 0 Å². The van der Waals surface area contributed by atoms with Crippen molar-refractivity contribution in [2.24, 2.45) is 11.3 Å². The van der Waals surface area contributed by atoms with E-state index in [9.17, 15) is 5.11 Å². The van der Waals surface area contributed by atoms with E-state index < -0.39 is 0 Å². The first-order chi connectivity index (χ1) is 6.72. The Morgan fingerprint density at radius 2 is 2.14 bits per heavy atom. The van der Waals surface area contributed by atoms with Crippen LogP contribution in [-0.4, -0.2) is 24.8 Å². The average Bonchev–Trinajstić information content (AvgIpc) is 2.67. The van der Waals surface area contributed by atoms with Crippen molar-refractivity contribution in [1.82, 2.24) is 5.32 Å². The highest BCUT2D eigenvalue weighted by atomic mass is 16.3. The second kappa shape index (κ2) is 5.33. The van der Waals surface area contributed by atoms with Gasteiger partial charge >= 0.3 is 0 Å². The minimum Gasteiger partial charge on any atom is -0.396 e. The van der Waals surface area contributed by atoms with E-state index in [1.165, 1.54) is 12.8 Å². The summed E-state index contributed by atoms with van der Waals surface area (Å²) in [5.41, 5.74) is 0.106. The normalized spacial score (nSPS) is 21.8. The van der Waals surface area contributed by atoms with Crippen molar-refractivity contribution in [2.45, 2.75) is 32.6 Å². The van der Waals surface area contributed by atoms with Crippen molar-refractivity contribution in [2.75, 3.05) is 19.7 Å². The highest BCUT2D eigenvalue weighted by Gasteiger charge is 2.32. The predicted molar refractivity (Wildman–Crippen MR) is 55.6 cm³/mol. The number of hydrogen-bond donors (Lipinski definition) is 2. The lowest BCUT2D eigenvalue weighted by atomic mass is 9.87. The van der Waals surface area contributed by atoms with Crippen LogP contribution in [0.15, 0.2) is 0 Å². The summed E-state index contributed by atoms with van der Waals surface area (Å²) in [4.78, 5) is 0. The number of aliphatic hydroxyl groups is 1. The zero-order valence-corrected chi connectivity index (χ0v) is 8.92. The molecular weight excluding hydrogens is 176 g/mol. The minimum absolute atomic E-state index is 0.0622. The topological polar surface area (TPSA) is 56.0 Å². The number of nitriles is 1. The SMILES string of the molecule is CC(C#N)CNCC1(CO)CCCC1. The summed E-state index contributed by atoms with van der Waals surface area (Å²) in [6, 6.07) is 2.20. The van der Waals surface area contributed by atoms with Gasteiger partial charge in [-0.2, -0.15) is 5.26 Å². The molecule has 1 saturated carbocycles. The fourth-order valence-electron chi connectivity index (χ4n) is 2.12. The summed E-state index contributed by atoms with van der Waals surface area (Å²) in [5.74, 6) is 0.0622. The third-order valence-electron chi connectivity index (χ3n) is 3.17. The molecule has 0 amide bonds. The maximum atomic E-state index is 9.33. The summed E-state index contributed by atoms with van der Waals surface area (Å²) in [6.07, 6.45) is 4.71. The van der Waals surface area contributed by atoms with Crippen LogP contribution in [0.25, 0.3) is 0 Å². The molecule has 2 N–H and O–H groups in total. The van der Waals surface area contributed by atoms with Crippen LogP contribution in [0.3, 0.4) is 0 Å². The van der Waals surface area contributed by atoms with E-state index >= 15 is 0 Å². The van der Waals surface area contributed by atoms with E-state index in [1.54, 1.807) is 0 Å². The Kier molecular flexibility index (Phi) is 4.37. The monoisotopic (exact) mass is 196 g/mol. The number of nitrogens with zero attached hydrogens (tertiary/aromatic N) is 1. The highest BCUT2D eigenvalue weighted by Crippen LogP contribution is 2.36. The lowest BCUT2D eigenvalue weighted by Crippen LogP contribution is -2.36. The Balaban J connectivity index is 2.25. The third kappa shape index (κ3) is 2.97. The second-order valence-corrected chi connectivity index (χ2v) is 4.53. The van der Waals surface area contributed by atoms with Gasteiger partial charge < -0.3 is 10.4 Å². The lowest BCUT2D eigenvalue weighted by molar-refractivity contribution is 0.128. The van der Waals surface area contributed by atoms with Gasteiger partial charge in [0.2, 0.25) is 0 Å². The van der Waals surface area contributed by atoms with Crippen LogP contribution < -0.4 is 5.32 Å². The molecule has 0 heterocycles. The van der Waals surface area contributed by atoms with Crippen molar-refractivity contribution in [3.8, 4) is 6.07 Å². The Labute approximate surface area is 86.1 Å². The van der Waals surface area contributed by atoms with Gasteiger partial charge in [-0.25, -0.2) is 0 Å². The zero-order valence-electron chi connectivity index (χ0n) is 8.92. The molecule has 0 aromatic rings. The fourth-order valence-corrected chi connectivity index (χ4v) is 2.12. The summed E-state index contributed by atoms with van der Waals surface area (Å²) in [7, 11) is 0. The maximum Gasteiger partial charge on any atom is 0.0666 e. The molecule has 1 aliphatic carbocycles. The van der Waals surface area contributed by atoms with Crippen LogP contribution in [0.5, 0.6) is 0 Å². The molecule has 0 aliphatic heterocycles. The molecular formula is C11H20N2O. The molecule has 0 aromatic heterocycles. The second-order valence-electron chi connectivity index (χ2n) is 4.53. The van der Waals surface area contributed by atoms with Crippen molar-refractivity contribution >= 4 is 0 Å². The van der Waals surface area contributed by atoms with Gasteiger partial charge in [0.05, 0.1) is 12.0 Å². The van der Waals surface area contributed by atoms with E-state index in [0.717, 1.165) is 25.9 Å². The minimum atomic E-state index is 0.0622. The predicted octanol–water partition coefficient (Wildman–Crippen LogP) is 1.29. The number of hydrogen-bond acceptors (Lipinski definition) is 3. The van der Waals surface area contributed by atoms with Crippen LogP contribution in [0, 0.1) is 22.7 Å². The van der Waals surface area contributed by atoms with Gasteiger partial charge in [-0.1, -0.05) is 12.8 Å². The number of aliphatic hydroxyl groups excluding tert-OH is 1. The summed E-state index contributed by atoms with van der Waals surface area (Å²) in [5, 5.41) is 21.2. The van der Waals surface area contributed by atoms with Gasteiger partial charge in [-0.3, -0.25) is 0 Å². The fraction of sp³-hybridized carbons (Fsp3) is 0.909. The Bertz CT molecular complexity index is 204. The molecule has 3 nitrogen and oxygen atoms in total. The third-order valence-corrected chi connectivity index (χ3v) is 3.17. The molecule has 1 rings (SSSR count). The van der Waals surface area contributed by atoms with Crippen LogP contribution in [0.4, 0.5) is 0 Å². The molecule has 1 fully saturated rings. The Morgan fingerprint density at radius 3 is 2.64 bits per heavy atom. The molecule has 0 aromatic carbocycles. The highest BCUT2D eigenvalue weighted by molar-refractivity contribution is 4.87. The molecule has 1 aliphatic rings.